The number of hydrogen-bond donors (Lipinski definition) is 1. The topological polar surface area (TPSA) is 104 Å². The number of nitrogens with zero attached hydrogens (tertiary/aromatic N) is 2. The third-order valence-electron chi connectivity index (χ3n) is 8.38. The van der Waals surface area contributed by atoms with Gasteiger partial charge in [0.15, 0.2) is 9.75 Å². The molecule has 0 bridgehead atoms. The van der Waals surface area contributed by atoms with E-state index in [4.69, 9.17) is 27.9 Å². The van der Waals surface area contributed by atoms with Crippen LogP contribution in [0.4, 0.5) is 0 Å². The molecule has 10 heteroatoms. The van der Waals surface area contributed by atoms with Crippen molar-refractivity contribution < 1.29 is 29.0 Å². The number of ether oxygens (including phenoxy) is 1. The summed E-state index contributed by atoms with van der Waals surface area (Å²) >= 11 is 14.2. The summed E-state index contributed by atoms with van der Waals surface area (Å²) in [6.45, 7) is 0. The van der Waals surface area contributed by atoms with Crippen LogP contribution in [0.1, 0.15) is 18.4 Å². The standard InChI is InChI=1S/C25H22Cl2N2O6/c1-28-20(31)15-5-4-14-16(18(15)21(28)32)9-24(26)22(33)29(2)23(34)25(24,27)19(14)12-7-11-8-13(30)3-6-17(11)35-10-12/h3-4,6,8,10,15-16,18-19,30H,5,7,9H2,1-2H3. The van der Waals surface area contributed by atoms with E-state index in [2.05, 4.69) is 0 Å². The molecule has 5 aliphatic rings. The first-order valence-corrected chi connectivity index (χ1v) is 12.2. The monoisotopic (exact) mass is 516 g/mol. The quantitative estimate of drug-likeness (QED) is 0.349. The van der Waals surface area contributed by atoms with Crippen LogP contribution >= 0.6 is 23.2 Å². The summed E-state index contributed by atoms with van der Waals surface area (Å²) in [6, 6.07) is 4.73. The Morgan fingerprint density at radius 2 is 1.77 bits per heavy atom. The second-order valence-electron chi connectivity index (χ2n) is 10.0. The van der Waals surface area contributed by atoms with Crippen molar-refractivity contribution >= 4 is 46.8 Å². The number of allylic oxidation sites excluding steroid dienone is 3. The molecule has 0 radical (unpaired) electrons. The van der Waals surface area contributed by atoms with Crippen molar-refractivity contribution in [3.8, 4) is 11.5 Å². The fraction of sp³-hybridized carbons (Fsp3) is 0.440. The van der Waals surface area contributed by atoms with Gasteiger partial charge in [0.25, 0.3) is 11.8 Å². The second kappa shape index (κ2) is 7.11. The van der Waals surface area contributed by atoms with Gasteiger partial charge >= 0.3 is 0 Å². The number of aromatic hydroxyl groups is 1. The summed E-state index contributed by atoms with van der Waals surface area (Å²) in [7, 11) is 2.82. The molecule has 1 N–H and O–H groups in total. The lowest BCUT2D eigenvalue weighted by molar-refractivity contribution is -0.140. The van der Waals surface area contributed by atoms with Crippen molar-refractivity contribution in [2.75, 3.05) is 14.1 Å². The molecule has 1 aromatic rings. The lowest BCUT2D eigenvalue weighted by atomic mass is 9.56. The Hall–Kier alpha value is -2.84. The van der Waals surface area contributed by atoms with Crippen LogP contribution in [0.25, 0.3) is 0 Å². The fourth-order valence-corrected chi connectivity index (χ4v) is 7.75. The molecule has 6 unspecified atom stereocenters. The van der Waals surface area contributed by atoms with Gasteiger partial charge in [-0.25, -0.2) is 0 Å². The van der Waals surface area contributed by atoms with Crippen LogP contribution in [0.5, 0.6) is 11.5 Å². The van der Waals surface area contributed by atoms with Gasteiger partial charge in [0.1, 0.15) is 11.5 Å². The summed E-state index contributed by atoms with van der Waals surface area (Å²) in [5.41, 5.74) is 2.03. The largest absolute Gasteiger partial charge is 0.508 e. The van der Waals surface area contributed by atoms with Crippen molar-refractivity contribution in [2.45, 2.75) is 29.0 Å². The third kappa shape index (κ3) is 2.64. The van der Waals surface area contributed by atoms with Crippen LogP contribution in [0, 0.1) is 23.7 Å². The van der Waals surface area contributed by atoms with E-state index >= 15 is 0 Å². The number of carbonyl (C=O) groups excluding carboxylic acids is 4. The first-order valence-electron chi connectivity index (χ1n) is 11.4. The Kier molecular flexibility index (Phi) is 4.59. The van der Waals surface area contributed by atoms with Crippen LogP contribution < -0.4 is 4.74 Å². The van der Waals surface area contributed by atoms with Gasteiger partial charge in [0.05, 0.1) is 18.1 Å². The minimum Gasteiger partial charge on any atom is -0.508 e. The zero-order valence-corrected chi connectivity index (χ0v) is 20.5. The predicted octanol–water partition coefficient (Wildman–Crippen LogP) is 2.36. The van der Waals surface area contributed by atoms with E-state index < -0.39 is 45.2 Å². The van der Waals surface area contributed by atoms with E-state index in [0.717, 1.165) is 15.4 Å². The van der Waals surface area contributed by atoms with Gasteiger partial charge in [-0.1, -0.05) is 11.6 Å². The smallest absolute Gasteiger partial charge is 0.253 e. The first-order chi connectivity index (χ1) is 16.5. The number of fused-ring (bicyclic) bond motifs is 5. The number of halogens is 2. The van der Waals surface area contributed by atoms with Gasteiger partial charge in [-0.15, -0.1) is 23.2 Å². The van der Waals surface area contributed by atoms with Crippen LogP contribution in [0.2, 0.25) is 0 Å². The molecule has 2 saturated heterocycles. The Labute approximate surface area is 211 Å². The number of amides is 4. The molecule has 0 spiro atoms. The average Bonchev–Trinajstić information content (AvgIpc) is 3.13. The Morgan fingerprint density at radius 3 is 2.51 bits per heavy atom. The van der Waals surface area contributed by atoms with Gasteiger partial charge in [0.2, 0.25) is 11.8 Å². The zero-order valence-electron chi connectivity index (χ0n) is 19.0. The minimum atomic E-state index is -1.84. The Morgan fingerprint density at radius 1 is 1.03 bits per heavy atom. The highest BCUT2D eigenvalue weighted by Crippen LogP contribution is 2.64. The highest BCUT2D eigenvalue weighted by atomic mass is 35.5. The molecule has 4 amide bonds. The average molecular weight is 517 g/mol. The Balaban J connectivity index is 1.53. The van der Waals surface area contributed by atoms with Gasteiger partial charge in [-0.05, 0) is 42.5 Å². The lowest BCUT2D eigenvalue weighted by Crippen LogP contribution is -2.61. The van der Waals surface area contributed by atoms with Crippen LogP contribution in [-0.4, -0.2) is 62.4 Å². The number of rotatable bonds is 1. The molecule has 6 atom stereocenters. The summed E-state index contributed by atoms with van der Waals surface area (Å²) < 4.78 is 5.84. The highest BCUT2D eigenvalue weighted by molar-refractivity contribution is 6.53. The lowest BCUT2D eigenvalue weighted by Gasteiger charge is -2.51. The van der Waals surface area contributed by atoms with Crippen molar-refractivity contribution in [1.29, 1.82) is 0 Å². The molecular weight excluding hydrogens is 495 g/mol. The predicted molar refractivity (Wildman–Crippen MR) is 125 cm³/mol. The van der Waals surface area contributed by atoms with Crippen molar-refractivity contribution in [2.24, 2.45) is 23.7 Å². The summed E-state index contributed by atoms with van der Waals surface area (Å²) in [5, 5.41) is 9.99. The first kappa shape index (κ1) is 22.6. The van der Waals surface area contributed by atoms with Crippen molar-refractivity contribution in [3.05, 3.63) is 47.2 Å². The minimum absolute atomic E-state index is 0.0329. The maximum Gasteiger partial charge on any atom is 0.253 e. The van der Waals surface area contributed by atoms with Gasteiger partial charge in [-0.2, -0.15) is 0 Å². The van der Waals surface area contributed by atoms with Gasteiger partial charge in [0, 0.05) is 32.0 Å². The number of likely N-dealkylation sites (tertiary alicyclic amines) is 2. The molecule has 3 heterocycles. The van der Waals surface area contributed by atoms with Crippen LogP contribution in [-0.2, 0) is 25.6 Å². The molecule has 6 rings (SSSR count). The summed E-state index contributed by atoms with van der Waals surface area (Å²) in [5.74, 6) is -3.78. The molecular formula is C25H22Cl2N2O6. The SMILES string of the molecule is CN1C(=O)C2CC=C3C(CC4(Cl)C(=O)N(C)C(=O)C4(Cl)C3C3=COc4ccc(O)cc4C3)C2C1=O. The molecule has 1 aromatic carbocycles. The van der Waals surface area contributed by atoms with E-state index in [0.29, 0.717) is 29.7 Å². The molecule has 0 aromatic heterocycles. The number of phenols is 1. The second-order valence-corrected chi connectivity index (χ2v) is 11.3. The molecule has 8 nitrogen and oxygen atoms in total. The molecule has 2 aliphatic carbocycles. The number of alkyl halides is 2. The number of phenolic OH excluding ortho intramolecular Hbond substituents is 1. The van der Waals surface area contributed by atoms with Crippen LogP contribution in [0.3, 0.4) is 0 Å². The number of hydrogen-bond acceptors (Lipinski definition) is 6. The number of benzene rings is 1. The van der Waals surface area contributed by atoms with E-state index in [1.54, 1.807) is 12.1 Å². The van der Waals surface area contributed by atoms with Crippen molar-refractivity contribution in [3.63, 3.8) is 0 Å². The summed E-state index contributed by atoms with van der Waals surface area (Å²) in [4.78, 5) is 51.2. The maximum absolute atomic E-state index is 13.5. The summed E-state index contributed by atoms with van der Waals surface area (Å²) in [6.07, 6.45) is 4.00. The van der Waals surface area contributed by atoms with Gasteiger partial charge < -0.3 is 9.84 Å². The normalized spacial score (nSPS) is 37.8. The third-order valence-corrected chi connectivity index (χ3v) is 9.79. The van der Waals surface area contributed by atoms with Crippen LogP contribution in [0.15, 0.2) is 41.7 Å². The van der Waals surface area contributed by atoms with E-state index in [9.17, 15) is 24.3 Å². The molecule has 1 saturated carbocycles. The molecule has 35 heavy (non-hydrogen) atoms. The molecule has 182 valence electrons. The maximum atomic E-state index is 13.5. The van der Waals surface area contributed by atoms with Gasteiger partial charge in [-0.3, -0.25) is 29.0 Å². The van der Waals surface area contributed by atoms with E-state index in [1.807, 2.05) is 6.08 Å². The number of imide groups is 2. The number of carbonyl (C=O) groups is 4. The molecule has 3 aliphatic heterocycles. The highest BCUT2D eigenvalue weighted by Gasteiger charge is 2.76. The Bertz CT molecular complexity index is 1310. The van der Waals surface area contributed by atoms with E-state index in [1.165, 1.54) is 26.4 Å². The fourth-order valence-electron chi connectivity index (χ4n) is 6.71. The van der Waals surface area contributed by atoms with E-state index in [-0.39, 0.29) is 24.0 Å². The zero-order chi connectivity index (χ0) is 25.0. The van der Waals surface area contributed by atoms with Crippen molar-refractivity contribution in [1.82, 2.24) is 9.80 Å². The molecule has 3 fully saturated rings.